The van der Waals surface area contributed by atoms with Crippen LogP contribution in [0.25, 0.3) is 0 Å². The highest BCUT2D eigenvalue weighted by molar-refractivity contribution is 7.98. The molecule has 0 atom stereocenters. The molecule has 0 fully saturated rings. The molecular weight excluding hydrogens is 420 g/mol. The first-order valence-electron chi connectivity index (χ1n) is 9.96. The van der Waals surface area contributed by atoms with Gasteiger partial charge in [-0.25, -0.2) is 8.42 Å². The molecule has 6 nitrogen and oxygen atoms in total. The van der Waals surface area contributed by atoms with Crippen molar-refractivity contribution in [2.45, 2.75) is 43.1 Å². The molecule has 0 unspecified atom stereocenters. The number of hydrogen-bond donors (Lipinski definition) is 1. The molecule has 0 aliphatic rings. The van der Waals surface area contributed by atoms with E-state index in [-0.39, 0.29) is 23.5 Å². The summed E-state index contributed by atoms with van der Waals surface area (Å²) < 4.78 is 32.9. The van der Waals surface area contributed by atoms with Gasteiger partial charge in [0.1, 0.15) is 0 Å². The molecule has 0 bridgehead atoms. The van der Waals surface area contributed by atoms with Gasteiger partial charge in [0.25, 0.3) is 15.9 Å². The number of nitrogens with zero attached hydrogens (tertiary/aromatic N) is 1. The van der Waals surface area contributed by atoms with Crippen molar-refractivity contribution in [3.8, 4) is 0 Å². The van der Waals surface area contributed by atoms with Gasteiger partial charge in [-0.05, 0) is 82.0 Å². The molecule has 0 spiro atoms. The normalized spacial score (nSPS) is 11.5. The lowest BCUT2D eigenvalue weighted by Gasteiger charge is -2.23. The molecule has 1 N–H and O–H groups in total. The first-order valence-corrected chi connectivity index (χ1v) is 12.6. The maximum atomic E-state index is 13.1. The van der Waals surface area contributed by atoms with Gasteiger partial charge in [-0.15, -0.1) is 11.8 Å². The van der Waals surface area contributed by atoms with E-state index in [0.717, 1.165) is 11.3 Å². The van der Waals surface area contributed by atoms with E-state index in [1.165, 1.54) is 4.31 Å². The average Bonchev–Trinajstić information content (AvgIpc) is 2.74. The predicted molar refractivity (Wildman–Crippen MR) is 123 cm³/mol. The third kappa shape index (κ3) is 6.48. The lowest BCUT2D eigenvalue weighted by Crippen LogP contribution is -2.31. The summed E-state index contributed by atoms with van der Waals surface area (Å²) in [6.45, 7) is 7.13. The molecule has 30 heavy (non-hydrogen) atoms. The molecule has 164 valence electrons. The van der Waals surface area contributed by atoms with Crippen molar-refractivity contribution in [3.63, 3.8) is 0 Å². The van der Waals surface area contributed by atoms with Crippen LogP contribution in [0.5, 0.6) is 0 Å². The van der Waals surface area contributed by atoms with Crippen molar-refractivity contribution in [1.29, 1.82) is 0 Å². The Morgan fingerprint density at radius 2 is 1.73 bits per heavy atom. The second kappa shape index (κ2) is 11.4. The van der Waals surface area contributed by atoms with E-state index in [1.807, 2.05) is 20.1 Å². The minimum Gasteiger partial charge on any atom is -0.379 e. The molecule has 0 aliphatic heterocycles. The average molecular weight is 451 g/mol. The van der Waals surface area contributed by atoms with Crippen LogP contribution in [0, 0.1) is 0 Å². The lowest BCUT2D eigenvalue weighted by atomic mass is 10.2. The Morgan fingerprint density at radius 3 is 2.27 bits per heavy atom. The molecule has 1 amide bonds. The fourth-order valence-electron chi connectivity index (χ4n) is 2.84. The molecule has 2 aromatic carbocycles. The van der Waals surface area contributed by atoms with E-state index in [4.69, 9.17) is 4.74 Å². The van der Waals surface area contributed by atoms with Crippen LogP contribution in [0.1, 0.15) is 37.6 Å². The van der Waals surface area contributed by atoms with Gasteiger partial charge in [-0.1, -0.05) is 0 Å². The smallest absolute Gasteiger partial charge is 0.264 e. The van der Waals surface area contributed by atoms with Crippen molar-refractivity contribution in [1.82, 2.24) is 5.32 Å². The summed E-state index contributed by atoms with van der Waals surface area (Å²) in [7, 11) is -3.68. The summed E-state index contributed by atoms with van der Waals surface area (Å²) in [6.07, 6.45) is 2.85. The summed E-state index contributed by atoms with van der Waals surface area (Å²) in [6, 6.07) is 13.4. The van der Waals surface area contributed by atoms with Crippen LogP contribution in [0.4, 0.5) is 5.69 Å². The number of amides is 1. The largest absolute Gasteiger partial charge is 0.379 e. The molecule has 0 saturated heterocycles. The number of hydrogen-bond acceptors (Lipinski definition) is 5. The Bertz CT molecular complexity index is 911. The number of ether oxygens (including phenoxy) is 1. The Morgan fingerprint density at radius 1 is 1.10 bits per heavy atom. The molecular formula is C22H30N2O4S2. The molecule has 2 aromatic rings. The van der Waals surface area contributed by atoms with Gasteiger partial charge in [0.15, 0.2) is 0 Å². The lowest BCUT2D eigenvalue weighted by molar-refractivity contribution is 0.0757. The van der Waals surface area contributed by atoms with Crippen molar-refractivity contribution < 1.29 is 17.9 Å². The predicted octanol–water partition coefficient (Wildman–Crippen LogP) is 4.17. The van der Waals surface area contributed by atoms with E-state index in [1.54, 1.807) is 67.2 Å². The Hall–Kier alpha value is -2.03. The zero-order chi connectivity index (χ0) is 22.1. The summed E-state index contributed by atoms with van der Waals surface area (Å²) >= 11 is 1.56. The fraction of sp³-hybridized carbons (Fsp3) is 0.409. The summed E-state index contributed by atoms with van der Waals surface area (Å²) in [5.74, 6) is -0.190. The highest BCUT2D eigenvalue weighted by Crippen LogP contribution is 2.25. The topological polar surface area (TPSA) is 75.7 Å². The first kappa shape index (κ1) is 24.2. The van der Waals surface area contributed by atoms with Crippen LogP contribution >= 0.6 is 11.8 Å². The van der Waals surface area contributed by atoms with Crippen LogP contribution < -0.4 is 9.62 Å². The minimum atomic E-state index is -3.68. The number of rotatable bonds is 11. The van der Waals surface area contributed by atoms with Gasteiger partial charge in [0.2, 0.25) is 0 Å². The number of thioether (sulfide) groups is 1. The number of anilines is 1. The van der Waals surface area contributed by atoms with Gasteiger partial charge in [0.05, 0.1) is 16.7 Å². The first-order chi connectivity index (χ1) is 14.3. The van der Waals surface area contributed by atoms with E-state index < -0.39 is 10.0 Å². The van der Waals surface area contributed by atoms with Gasteiger partial charge < -0.3 is 10.1 Å². The van der Waals surface area contributed by atoms with Crippen molar-refractivity contribution in [2.75, 3.05) is 30.3 Å². The quantitative estimate of drug-likeness (QED) is 0.411. The number of carbonyl (C=O) groups excluding carboxylic acids is 1. The Kier molecular flexibility index (Phi) is 9.20. The Balaban J connectivity index is 2.06. The molecule has 0 radical (unpaired) electrons. The number of carbonyl (C=O) groups is 1. The standard InChI is InChI=1S/C22H30N2O4S2/c1-5-24(30(26,27)21-13-11-20(29-4)12-14-21)19-9-7-18(8-10-19)22(25)23-15-6-16-28-17(2)3/h7-14,17H,5-6,15-16H2,1-4H3,(H,23,25). The van der Waals surface area contributed by atoms with Gasteiger partial charge in [-0.2, -0.15) is 0 Å². The molecule has 2 rings (SSSR count). The molecule has 0 heterocycles. The summed E-state index contributed by atoms with van der Waals surface area (Å²) in [5.41, 5.74) is 1.01. The molecule has 8 heteroatoms. The van der Waals surface area contributed by atoms with E-state index in [9.17, 15) is 13.2 Å². The van der Waals surface area contributed by atoms with Gasteiger partial charge >= 0.3 is 0 Å². The number of sulfonamides is 1. The van der Waals surface area contributed by atoms with E-state index in [2.05, 4.69) is 5.32 Å². The van der Waals surface area contributed by atoms with Crippen LogP contribution in [0.3, 0.4) is 0 Å². The van der Waals surface area contributed by atoms with Crippen LogP contribution in [-0.2, 0) is 14.8 Å². The number of benzene rings is 2. The SMILES string of the molecule is CCN(c1ccc(C(=O)NCCCOC(C)C)cc1)S(=O)(=O)c1ccc(SC)cc1. The second-order valence-corrected chi connectivity index (χ2v) is 9.66. The van der Waals surface area contributed by atoms with Crippen molar-refractivity contribution >= 4 is 33.4 Å². The summed E-state index contributed by atoms with van der Waals surface area (Å²) in [5, 5.41) is 2.85. The maximum Gasteiger partial charge on any atom is 0.264 e. The van der Waals surface area contributed by atoms with E-state index in [0.29, 0.717) is 24.4 Å². The minimum absolute atomic E-state index is 0.175. The van der Waals surface area contributed by atoms with Crippen LogP contribution in [-0.4, -0.2) is 46.4 Å². The third-order valence-electron chi connectivity index (χ3n) is 4.41. The zero-order valence-electron chi connectivity index (χ0n) is 17.9. The van der Waals surface area contributed by atoms with Crippen molar-refractivity contribution in [2.24, 2.45) is 0 Å². The monoisotopic (exact) mass is 450 g/mol. The molecule has 0 saturated carbocycles. The van der Waals surface area contributed by atoms with Crippen molar-refractivity contribution in [3.05, 3.63) is 54.1 Å². The van der Waals surface area contributed by atoms with Gasteiger partial charge in [-0.3, -0.25) is 9.10 Å². The Labute approximate surface area is 184 Å². The van der Waals surface area contributed by atoms with Gasteiger partial charge in [0, 0.05) is 30.2 Å². The summed E-state index contributed by atoms with van der Waals surface area (Å²) in [4.78, 5) is 13.5. The highest BCUT2D eigenvalue weighted by Gasteiger charge is 2.23. The fourth-order valence-corrected chi connectivity index (χ4v) is 4.72. The van der Waals surface area contributed by atoms with Crippen LogP contribution in [0.2, 0.25) is 0 Å². The third-order valence-corrected chi connectivity index (χ3v) is 7.07. The zero-order valence-corrected chi connectivity index (χ0v) is 19.6. The molecule has 0 aliphatic carbocycles. The second-order valence-electron chi connectivity index (χ2n) is 6.92. The number of nitrogens with one attached hydrogen (secondary N) is 1. The van der Waals surface area contributed by atoms with Crippen LogP contribution in [0.15, 0.2) is 58.3 Å². The maximum absolute atomic E-state index is 13.1. The highest BCUT2D eigenvalue weighted by atomic mass is 32.2. The molecule has 0 aromatic heterocycles. The van der Waals surface area contributed by atoms with E-state index >= 15 is 0 Å².